The highest BCUT2D eigenvalue weighted by molar-refractivity contribution is 5.20. The van der Waals surface area contributed by atoms with Crippen molar-refractivity contribution in [3.63, 3.8) is 0 Å². The zero-order valence-electron chi connectivity index (χ0n) is 9.50. The summed E-state index contributed by atoms with van der Waals surface area (Å²) in [5.74, 6) is 0.431. The van der Waals surface area contributed by atoms with Gasteiger partial charge in [0.1, 0.15) is 0 Å². The predicted octanol–water partition coefficient (Wildman–Crippen LogP) is 1.51. The van der Waals surface area contributed by atoms with E-state index in [4.69, 9.17) is 4.74 Å². The van der Waals surface area contributed by atoms with Gasteiger partial charge in [0.15, 0.2) is 0 Å². The maximum atomic E-state index is 11.0. The van der Waals surface area contributed by atoms with E-state index in [0.29, 0.717) is 12.5 Å². The van der Waals surface area contributed by atoms with Crippen molar-refractivity contribution in [3.8, 4) is 5.88 Å². The lowest BCUT2D eigenvalue weighted by Crippen LogP contribution is -2.20. The molecule has 0 saturated carbocycles. The number of hydrogen-bond acceptors (Lipinski definition) is 3. The fourth-order valence-corrected chi connectivity index (χ4v) is 0.938. The van der Waals surface area contributed by atoms with E-state index in [0.717, 1.165) is 5.56 Å². The van der Waals surface area contributed by atoms with E-state index in [2.05, 4.69) is 4.98 Å². The third-order valence-corrected chi connectivity index (χ3v) is 1.50. The van der Waals surface area contributed by atoms with Crippen molar-refractivity contribution in [2.24, 2.45) is 7.05 Å². The van der Waals surface area contributed by atoms with Crippen molar-refractivity contribution >= 4 is 0 Å². The van der Waals surface area contributed by atoms with E-state index in [-0.39, 0.29) is 5.69 Å². The second kappa shape index (κ2) is 6.18. The maximum Gasteiger partial charge on any atom is 0.350 e. The van der Waals surface area contributed by atoms with Crippen LogP contribution in [-0.4, -0.2) is 16.2 Å². The molecule has 0 aliphatic carbocycles. The lowest BCUT2D eigenvalue weighted by molar-refractivity contribution is 0.321. The molecule has 0 unspecified atom stereocenters. The van der Waals surface area contributed by atoms with Crippen molar-refractivity contribution in [2.45, 2.75) is 27.7 Å². The van der Waals surface area contributed by atoms with Crippen LogP contribution in [0, 0.1) is 6.92 Å². The molecule has 0 aliphatic heterocycles. The van der Waals surface area contributed by atoms with Gasteiger partial charge < -0.3 is 9.30 Å². The molecule has 1 aromatic rings. The standard InChI is InChI=1S/C8H12N2O2.C2H6/c1-4-12-7-6(2)5-10(3)8(11)9-7;1-2/h5H,4H2,1-3H3;1-2H3. The summed E-state index contributed by atoms with van der Waals surface area (Å²) >= 11 is 0. The van der Waals surface area contributed by atoms with Gasteiger partial charge in [-0.15, -0.1) is 0 Å². The van der Waals surface area contributed by atoms with E-state index in [1.807, 2.05) is 27.7 Å². The van der Waals surface area contributed by atoms with Crippen LogP contribution < -0.4 is 10.4 Å². The molecule has 4 heteroatoms. The lowest BCUT2D eigenvalue weighted by atomic mass is 10.4. The molecule has 0 saturated heterocycles. The average Bonchev–Trinajstić information content (AvgIpc) is 2.18. The van der Waals surface area contributed by atoms with Crippen LogP contribution in [0.4, 0.5) is 0 Å². The highest BCUT2D eigenvalue weighted by atomic mass is 16.5. The quantitative estimate of drug-likeness (QED) is 0.723. The molecule has 0 aliphatic rings. The lowest BCUT2D eigenvalue weighted by Gasteiger charge is -2.05. The maximum absolute atomic E-state index is 11.0. The Kier molecular flexibility index (Phi) is 5.60. The number of aromatic nitrogens is 2. The van der Waals surface area contributed by atoms with Crippen LogP contribution in [0.2, 0.25) is 0 Å². The smallest absolute Gasteiger partial charge is 0.350 e. The van der Waals surface area contributed by atoms with Crippen LogP contribution in [0.5, 0.6) is 5.88 Å². The zero-order valence-corrected chi connectivity index (χ0v) is 9.50. The number of rotatable bonds is 2. The predicted molar refractivity (Wildman–Crippen MR) is 56.7 cm³/mol. The van der Waals surface area contributed by atoms with Gasteiger partial charge in [-0.2, -0.15) is 4.98 Å². The summed E-state index contributed by atoms with van der Waals surface area (Å²) in [6.45, 7) is 8.25. The minimum absolute atomic E-state index is 0.288. The second-order valence-electron chi connectivity index (χ2n) is 2.56. The summed E-state index contributed by atoms with van der Waals surface area (Å²) in [6.07, 6.45) is 1.71. The molecule has 0 fully saturated rings. The molecule has 0 atom stereocenters. The molecule has 1 heterocycles. The average molecular weight is 198 g/mol. The largest absolute Gasteiger partial charge is 0.478 e. The zero-order chi connectivity index (χ0) is 11.1. The molecule has 0 aromatic carbocycles. The fourth-order valence-electron chi connectivity index (χ4n) is 0.938. The van der Waals surface area contributed by atoms with Crippen LogP contribution >= 0.6 is 0 Å². The molecule has 0 N–H and O–H groups in total. The van der Waals surface area contributed by atoms with E-state index >= 15 is 0 Å². The van der Waals surface area contributed by atoms with Gasteiger partial charge in [0.05, 0.1) is 6.61 Å². The first-order valence-corrected chi connectivity index (χ1v) is 4.82. The monoisotopic (exact) mass is 198 g/mol. The van der Waals surface area contributed by atoms with Crippen molar-refractivity contribution in [1.82, 2.24) is 9.55 Å². The summed E-state index contributed by atoms with van der Waals surface area (Å²) in [6, 6.07) is 0. The van der Waals surface area contributed by atoms with Crippen molar-refractivity contribution in [3.05, 3.63) is 22.2 Å². The van der Waals surface area contributed by atoms with E-state index in [9.17, 15) is 4.79 Å². The van der Waals surface area contributed by atoms with E-state index < -0.39 is 0 Å². The Morgan fingerprint density at radius 2 is 2.07 bits per heavy atom. The fraction of sp³-hybridized carbons (Fsp3) is 0.600. The summed E-state index contributed by atoms with van der Waals surface area (Å²) in [4.78, 5) is 14.8. The Labute approximate surface area is 84.6 Å². The number of ether oxygens (including phenoxy) is 1. The SMILES string of the molecule is CC.CCOc1nc(=O)n(C)cc1C. The van der Waals surface area contributed by atoms with E-state index in [1.54, 1.807) is 13.2 Å². The van der Waals surface area contributed by atoms with Gasteiger partial charge in [-0.3, -0.25) is 0 Å². The minimum Gasteiger partial charge on any atom is -0.478 e. The molecule has 14 heavy (non-hydrogen) atoms. The van der Waals surface area contributed by atoms with Crippen LogP contribution in [0.3, 0.4) is 0 Å². The molecule has 1 aromatic heterocycles. The first kappa shape index (κ1) is 12.7. The van der Waals surface area contributed by atoms with Crippen molar-refractivity contribution in [1.29, 1.82) is 0 Å². The van der Waals surface area contributed by atoms with Gasteiger partial charge in [0.25, 0.3) is 0 Å². The summed E-state index contributed by atoms with van der Waals surface area (Å²) < 4.78 is 6.58. The van der Waals surface area contributed by atoms with Crippen molar-refractivity contribution in [2.75, 3.05) is 6.61 Å². The molecule has 0 radical (unpaired) electrons. The highest BCUT2D eigenvalue weighted by Crippen LogP contribution is 2.09. The normalized spacial score (nSPS) is 8.93. The summed E-state index contributed by atoms with van der Waals surface area (Å²) in [7, 11) is 1.66. The van der Waals surface area contributed by atoms with Gasteiger partial charge in [-0.1, -0.05) is 13.8 Å². The third kappa shape index (κ3) is 3.20. The molecule has 1 rings (SSSR count). The first-order chi connectivity index (χ1) is 6.65. The first-order valence-electron chi connectivity index (χ1n) is 4.82. The third-order valence-electron chi connectivity index (χ3n) is 1.50. The molecule has 80 valence electrons. The van der Waals surface area contributed by atoms with Crippen LogP contribution in [0.1, 0.15) is 26.3 Å². The summed E-state index contributed by atoms with van der Waals surface area (Å²) in [5, 5.41) is 0. The summed E-state index contributed by atoms with van der Waals surface area (Å²) in [5.41, 5.74) is 0.586. The Morgan fingerprint density at radius 3 is 2.57 bits per heavy atom. The Morgan fingerprint density at radius 1 is 1.50 bits per heavy atom. The van der Waals surface area contributed by atoms with Gasteiger partial charge >= 0.3 is 5.69 Å². The molecule has 4 nitrogen and oxygen atoms in total. The highest BCUT2D eigenvalue weighted by Gasteiger charge is 2.02. The van der Waals surface area contributed by atoms with Gasteiger partial charge in [0, 0.05) is 18.8 Å². The molecule has 0 amide bonds. The Balaban J connectivity index is 0.000000791. The molecule has 0 bridgehead atoms. The molecular weight excluding hydrogens is 180 g/mol. The van der Waals surface area contributed by atoms with Gasteiger partial charge in [0.2, 0.25) is 5.88 Å². The van der Waals surface area contributed by atoms with Gasteiger partial charge in [-0.05, 0) is 13.8 Å². The minimum atomic E-state index is -0.288. The van der Waals surface area contributed by atoms with Gasteiger partial charge in [-0.25, -0.2) is 4.79 Å². The second-order valence-corrected chi connectivity index (χ2v) is 2.56. The Bertz CT molecular complexity index is 331. The topological polar surface area (TPSA) is 44.1 Å². The van der Waals surface area contributed by atoms with Crippen LogP contribution in [0.15, 0.2) is 11.0 Å². The number of aryl methyl sites for hydroxylation is 2. The van der Waals surface area contributed by atoms with Crippen LogP contribution in [-0.2, 0) is 7.05 Å². The number of nitrogens with zero attached hydrogens (tertiary/aromatic N) is 2. The van der Waals surface area contributed by atoms with Crippen molar-refractivity contribution < 1.29 is 4.74 Å². The molecular formula is C10H18N2O2. The molecule has 0 spiro atoms. The number of hydrogen-bond donors (Lipinski definition) is 0. The van der Waals surface area contributed by atoms with Crippen LogP contribution in [0.25, 0.3) is 0 Å². The Hall–Kier alpha value is -1.32. The van der Waals surface area contributed by atoms with E-state index in [1.165, 1.54) is 4.57 Å².